The van der Waals surface area contributed by atoms with Crippen molar-refractivity contribution >= 4 is 27.0 Å². The van der Waals surface area contributed by atoms with E-state index in [1.165, 1.54) is 15.1 Å². The maximum Gasteiger partial charge on any atom is 0.419 e. The average Bonchev–Trinajstić information content (AvgIpc) is 2.72. The van der Waals surface area contributed by atoms with Crippen LogP contribution in [-0.4, -0.2) is 60.5 Å². The number of hydrogen-bond acceptors (Lipinski definition) is 5. The number of benzene rings is 1. The van der Waals surface area contributed by atoms with Crippen molar-refractivity contribution in [2.75, 3.05) is 32.4 Å². The molecule has 0 spiro atoms. The number of nitrogens with zero attached hydrogens (tertiary/aromatic N) is 3. The number of oxazole rings is 1. The van der Waals surface area contributed by atoms with Crippen molar-refractivity contribution in [1.82, 2.24) is 13.8 Å². The number of carbonyl (C=O) groups is 1. The zero-order chi connectivity index (χ0) is 17.5. The standard InChI is InChI=1S/C15H19N3O5S/c1-16-12-10-11(4-5-13(12)23-15(16)20)14(19)17-6-3-7-18(9-8-17)24(2,21)22/h4-5,10H,3,6-9H2,1-2H3. The highest BCUT2D eigenvalue weighted by Crippen LogP contribution is 2.17. The molecule has 2 aromatic rings. The van der Waals surface area contributed by atoms with Crippen molar-refractivity contribution in [3.63, 3.8) is 0 Å². The highest BCUT2D eigenvalue weighted by molar-refractivity contribution is 7.88. The van der Waals surface area contributed by atoms with Crippen LogP contribution in [0.25, 0.3) is 11.1 Å². The van der Waals surface area contributed by atoms with Gasteiger partial charge in [0.05, 0.1) is 11.8 Å². The Balaban J connectivity index is 1.84. The Morgan fingerprint density at radius 2 is 1.92 bits per heavy atom. The van der Waals surface area contributed by atoms with E-state index in [1.807, 2.05) is 0 Å². The normalized spacial score (nSPS) is 17.2. The molecule has 0 saturated carbocycles. The van der Waals surface area contributed by atoms with Gasteiger partial charge in [-0.2, -0.15) is 0 Å². The van der Waals surface area contributed by atoms with E-state index in [0.717, 1.165) is 0 Å². The first-order valence-corrected chi connectivity index (χ1v) is 9.46. The van der Waals surface area contributed by atoms with Crippen molar-refractivity contribution in [2.45, 2.75) is 6.42 Å². The summed E-state index contributed by atoms with van der Waals surface area (Å²) >= 11 is 0. The van der Waals surface area contributed by atoms with E-state index >= 15 is 0 Å². The van der Waals surface area contributed by atoms with Gasteiger partial charge < -0.3 is 9.32 Å². The van der Waals surface area contributed by atoms with Gasteiger partial charge in [0.2, 0.25) is 10.0 Å². The summed E-state index contributed by atoms with van der Waals surface area (Å²) in [5, 5.41) is 0. The van der Waals surface area contributed by atoms with Gasteiger partial charge in [-0.3, -0.25) is 9.36 Å². The Morgan fingerprint density at radius 3 is 2.62 bits per heavy atom. The maximum atomic E-state index is 12.7. The molecule has 9 heteroatoms. The number of amides is 1. The summed E-state index contributed by atoms with van der Waals surface area (Å²) in [4.78, 5) is 25.9. The molecule has 0 aliphatic carbocycles. The van der Waals surface area contributed by atoms with E-state index in [1.54, 1.807) is 30.1 Å². The zero-order valence-corrected chi connectivity index (χ0v) is 14.4. The van der Waals surface area contributed by atoms with Gasteiger partial charge in [-0.15, -0.1) is 0 Å². The predicted molar refractivity (Wildman–Crippen MR) is 88.4 cm³/mol. The molecule has 0 bridgehead atoms. The van der Waals surface area contributed by atoms with Crippen LogP contribution in [0.5, 0.6) is 0 Å². The highest BCUT2D eigenvalue weighted by atomic mass is 32.2. The second kappa shape index (κ2) is 6.06. The summed E-state index contributed by atoms with van der Waals surface area (Å²) in [6.07, 6.45) is 1.77. The molecule has 130 valence electrons. The van der Waals surface area contributed by atoms with Crippen molar-refractivity contribution in [2.24, 2.45) is 7.05 Å². The first-order valence-electron chi connectivity index (χ1n) is 7.61. The molecular formula is C15H19N3O5S. The minimum atomic E-state index is -3.25. The third-order valence-electron chi connectivity index (χ3n) is 4.25. The van der Waals surface area contributed by atoms with E-state index in [0.29, 0.717) is 42.7 Å². The van der Waals surface area contributed by atoms with Crippen LogP contribution in [-0.2, 0) is 17.1 Å². The van der Waals surface area contributed by atoms with Crippen LogP contribution in [0.15, 0.2) is 27.4 Å². The van der Waals surface area contributed by atoms with Gasteiger partial charge in [-0.05, 0) is 24.6 Å². The number of rotatable bonds is 2. The molecule has 24 heavy (non-hydrogen) atoms. The van der Waals surface area contributed by atoms with Crippen molar-refractivity contribution in [1.29, 1.82) is 0 Å². The average molecular weight is 353 g/mol. The van der Waals surface area contributed by atoms with Crippen LogP contribution in [0, 0.1) is 0 Å². The van der Waals surface area contributed by atoms with Crippen LogP contribution in [0.1, 0.15) is 16.8 Å². The molecule has 0 atom stereocenters. The van der Waals surface area contributed by atoms with Gasteiger partial charge in [-0.25, -0.2) is 17.5 Å². The molecule has 0 N–H and O–H groups in total. The molecule has 1 fully saturated rings. The van der Waals surface area contributed by atoms with Crippen LogP contribution in [0.2, 0.25) is 0 Å². The third kappa shape index (κ3) is 3.09. The second-order valence-corrected chi connectivity index (χ2v) is 7.90. The molecule has 8 nitrogen and oxygen atoms in total. The molecule has 1 aromatic heterocycles. The molecule has 3 rings (SSSR count). The van der Waals surface area contributed by atoms with E-state index in [2.05, 4.69) is 0 Å². The Morgan fingerprint density at radius 1 is 1.17 bits per heavy atom. The number of aryl methyl sites for hydroxylation is 1. The zero-order valence-electron chi connectivity index (χ0n) is 13.6. The fraction of sp³-hybridized carbons (Fsp3) is 0.467. The summed E-state index contributed by atoms with van der Waals surface area (Å²) in [5.41, 5.74) is 1.43. The predicted octanol–water partition coefficient (Wildman–Crippen LogP) is 0.239. The van der Waals surface area contributed by atoms with Gasteiger partial charge in [0, 0.05) is 38.8 Å². The van der Waals surface area contributed by atoms with Gasteiger partial charge in [-0.1, -0.05) is 0 Å². The fourth-order valence-corrected chi connectivity index (χ4v) is 3.74. The number of aromatic nitrogens is 1. The molecular weight excluding hydrogens is 334 g/mol. The van der Waals surface area contributed by atoms with Crippen LogP contribution in [0.3, 0.4) is 0 Å². The molecule has 0 unspecified atom stereocenters. The SMILES string of the molecule is Cn1c(=O)oc2ccc(C(=O)N3CCCN(S(C)(=O)=O)CC3)cc21. The Kier molecular flexibility index (Phi) is 4.22. The van der Waals surface area contributed by atoms with Gasteiger partial charge in [0.25, 0.3) is 5.91 Å². The lowest BCUT2D eigenvalue weighted by Gasteiger charge is -2.21. The lowest BCUT2D eigenvalue weighted by atomic mass is 10.1. The largest absolute Gasteiger partial charge is 0.419 e. The molecule has 1 aliphatic heterocycles. The fourth-order valence-electron chi connectivity index (χ4n) is 2.87. The quantitative estimate of drug-likeness (QED) is 0.771. The topological polar surface area (TPSA) is 92.8 Å². The molecule has 0 radical (unpaired) electrons. The lowest BCUT2D eigenvalue weighted by Crippen LogP contribution is -2.36. The van der Waals surface area contributed by atoms with E-state index in [4.69, 9.17) is 4.42 Å². The summed E-state index contributed by atoms with van der Waals surface area (Å²) in [6.45, 7) is 1.54. The smallest absolute Gasteiger partial charge is 0.408 e. The Labute approximate surface area is 139 Å². The van der Waals surface area contributed by atoms with E-state index in [9.17, 15) is 18.0 Å². The van der Waals surface area contributed by atoms with Gasteiger partial charge in [0.15, 0.2) is 5.58 Å². The van der Waals surface area contributed by atoms with Crippen molar-refractivity contribution in [3.05, 3.63) is 34.3 Å². The molecule has 1 aliphatic rings. The number of fused-ring (bicyclic) bond motifs is 1. The Bertz CT molecular complexity index is 944. The maximum absolute atomic E-state index is 12.7. The van der Waals surface area contributed by atoms with Crippen molar-refractivity contribution < 1.29 is 17.6 Å². The lowest BCUT2D eigenvalue weighted by molar-refractivity contribution is 0.0764. The minimum Gasteiger partial charge on any atom is -0.408 e. The van der Waals surface area contributed by atoms with E-state index in [-0.39, 0.29) is 12.5 Å². The summed E-state index contributed by atoms with van der Waals surface area (Å²) in [5.74, 6) is -0.658. The van der Waals surface area contributed by atoms with E-state index < -0.39 is 15.8 Å². The van der Waals surface area contributed by atoms with Crippen LogP contribution < -0.4 is 5.76 Å². The monoisotopic (exact) mass is 353 g/mol. The second-order valence-electron chi connectivity index (χ2n) is 5.92. The summed E-state index contributed by atoms with van der Waals surface area (Å²) in [6, 6.07) is 4.85. The number of hydrogen-bond donors (Lipinski definition) is 0. The number of carbonyl (C=O) groups excluding carboxylic acids is 1. The van der Waals surface area contributed by atoms with Crippen LogP contribution in [0.4, 0.5) is 0 Å². The Hall–Kier alpha value is -2.13. The summed E-state index contributed by atoms with van der Waals surface area (Å²) in [7, 11) is -1.67. The first kappa shape index (κ1) is 16.7. The minimum absolute atomic E-state index is 0.180. The van der Waals surface area contributed by atoms with Gasteiger partial charge >= 0.3 is 5.76 Å². The molecule has 1 saturated heterocycles. The molecule has 1 aromatic carbocycles. The third-order valence-corrected chi connectivity index (χ3v) is 5.55. The number of sulfonamides is 1. The van der Waals surface area contributed by atoms with Gasteiger partial charge in [0.1, 0.15) is 0 Å². The first-order chi connectivity index (χ1) is 11.3. The van der Waals surface area contributed by atoms with Crippen molar-refractivity contribution in [3.8, 4) is 0 Å². The summed E-state index contributed by atoms with van der Waals surface area (Å²) < 4.78 is 31.1. The molecule has 1 amide bonds. The van der Waals surface area contributed by atoms with Crippen LogP contribution >= 0.6 is 0 Å². The highest BCUT2D eigenvalue weighted by Gasteiger charge is 2.24. The molecule has 2 heterocycles.